The van der Waals surface area contributed by atoms with Crippen LogP contribution in [0.2, 0.25) is 0 Å². The fourth-order valence-corrected chi connectivity index (χ4v) is 2.49. The van der Waals surface area contributed by atoms with Crippen molar-refractivity contribution < 1.29 is 28.3 Å². The summed E-state index contributed by atoms with van der Waals surface area (Å²) in [6, 6.07) is 9.47. The number of hydrogen-bond donors (Lipinski definition) is 1. The first kappa shape index (κ1) is 17.3. The van der Waals surface area contributed by atoms with E-state index < -0.39 is 17.9 Å². The highest BCUT2D eigenvalue weighted by molar-refractivity contribution is 6.14. The Morgan fingerprint density at radius 3 is 2.69 bits per heavy atom. The Balaban J connectivity index is 1.80. The molecule has 0 unspecified atom stereocenters. The van der Waals surface area contributed by atoms with Gasteiger partial charge in [-0.3, -0.25) is 9.69 Å². The van der Waals surface area contributed by atoms with Crippen molar-refractivity contribution in [3.05, 3.63) is 59.2 Å². The van der Waals surface area contributed by atoms with Crippen LogP contribution in [0.15, 0.2) is 46.5 Å². The number of esters is 1. The number of imide groups is 1. The molecule has 1 aromatic heterocycles. The van der Waals surface area contributed by atoms with Gasteiger partial charge in [0.25, 0.3) is 5.91 Å². The van der Waals surface area contributed by atoms with Crippen molar-refractivity contribution >= 4 is 24.0 Å². The average molecular weight is 356 g/mol. The number of furan rings is 1. The highest BCUT2D eigenvalue weighted by Crippen LogP contribution is 2.23. The van der Waals surface area contributed by atoms with E-state index in [1.807, 2.05) is 0 Å². The lowest BCUT2D eigenvalue weighted by Gasteiger charge is -2.09. The monoisotopic (exact) mass is 356 g/mol. The summed E-state index contributed by atoms with van der Waals surface area (Å²) in [5.41, 5.74) is 0.783. The predicted octanol–water partition coefficient (Wildman–Crippen LogP) is 2.17. The third-order valence-electron chi connectivity index (χ3n) is 3.76. The predicted molar refractivity (Wildman–Crippen MR) is 90.1 cm³/mol. The average Bonchev–Trinajstić information content (AvgIpc) is 3.22. The first-order valence-corrected chi connectivity index (χ1v) is 7.68. The summed E-state index contributed by atoms with van der Waals surface area (Å²) >= 11 is 0. The van der Waals surface area contributed by atoms with Crippen LogP contribution >= 0.6 is 0 Å². The summed E-state index contributed by atoms with van der Waals surface area (Å²) in [6.45, 7) is -0.106. The summed E-state index contributed by atoms with van der Waals surface area (Å²) in [7, 11) is 2.76. The molecule has 2 heterocycles. The number of ether oxygens (including phenoxy) is 2. The van der Waals surface area contributed by atoms with Crippen LogP contribution in [-0.4, -0.2) is 37.0 Å². The SMILES string of the molecule is COC(=O)c1ccc(CN2C(=O)NC(=Cc3ccccc3OC)C2=O)o1. The minimum absolute atomic E-state index is 0.000610. The Morgan fingerprint density at radius 1 is 1.19 bits per heavy atom. The van der Waals surface area contributed by atoms with Crippen LogP contribution in [0.3, 0.4) is 0 Å². The smallest absolute Gasteiger partial charge is 0.373 e. The number of carbonyl (C=O) groups is 3. The molecule has 0 radical (unpaired) electrons. The zero-order valence-electron chi connectivity index (χ0n) is 14.1. The van der Waals surface area contributed by atoms with Gasteiger partial charge in [-0.15, -0.1) is 0 Å². The third kappa shape index (κ3) is 3.30. The Morgan fingerprint density at radius 2 is 1.96 bits per heavy atom. The second-order valence-electron chi connectivity index (χ2n) is 5.38. The van der Waals surface area contributed by atoms with Gasteiger partial charge in [0.2, 0.25) is 5.76 Å². The lowest BCUT2D eigenvalue weighted by molar-refractivity contribution is -0.123. The van der Waals surface area contributed by atoms with Gasteiger partial charge in [-0.2, -0.15) is 0 Å². The number of benzene rings is 1. The molecule has 1 aliphatic heterocycles. The summed E-state index contributed by atoms with van der Waals surface area (Å²) in [5, 5.41) is 2.52. The molecule has 1 fully saturated rings. The normalized spacial score (nSPS) is 15.3. The lowest BCUT2D eigenvalue weighted by Crippen LogP contribution is -2.30. The summed E-state index contributed by atoms with van der Waals surface area (Å²) in [6.07, 6.45) is 1.54. The fourth-order valence-electron chi connectivity index (χ4n) is 2.49. The van der Waals surface area contributed by atoms with Gasteiger partial charge in [0.1, 0.15) is 17.2 Å². The largest absolute Gasteiger partial charge is 0.496 e. The van der Waals surface area contributed by atoms with Crippen molar-refractivity contribution in [3.63, 3.8) is 0 Å². The molecule has 0 spiro atoms. The maximum atomic E-state index is 12.5. The van der Waals surface area contributed by atoms with E-state index in [0.29, 0.717) is 11.3 Å². The number of methoxy groups -OCH3 is 2. The number of rotatable bonds is 5. The molecule has 3 rings (SSSR count). The number of urea groups is 1. The molecule has 26 heavy (non-hydrogen) atoms. The van der Waals surface area contributed by atoms with Crippen LogP contribution in [0, 0.1) is 0 Å². The van der Waals surface area contributed by atoms with Gasteiger partial charge in [-0.05, 0) is 24.3 Å². The Bertz CT molecular complexity index is 899. The minimum Gasteiger partial charge on any atom is -0.496 e. The van der Waals surface area contributed by atoms with E-state index >= 15 is 0 Å². The fraction of sp³-hybridized carbons (Fsp3) is 0.167. The molecule has 2 aromatic rings. The lowest BCUT2D eigenvalue weighted by atomic mass is 10.1. The maximum Gasteiger partial charge on any atom is 0.373 e. The van der Waals surface area contributed by atoms with E-state index in [4.69, 9.17) is 9.15 Å². The topological polar surface area (TPSA) is 98.1 Å². The molecular formula is C18H16N2O6. The maximum absolute atomic E-state index is 12.5. The van der Waals surface area contributed by atoms with Crippen LogP contribution in [0.1, 0.15) is 21.9 Å². The molecule has 1 aromatic carbocycles. The highest BCUT2D eigenvalue weighted by atomic mass is 16.5. The summed E-state index contributed by atoms with van der Waals surface area (Å²) in [5.74, 6) is -0.275. The standard InChI is InChI=1S/C18H16N2O6/c1-24-14-6-4-3-5-11(14)9-13-16(21)20(18(23)19-13)10-12-7-8-15(26-12)17(22)25-2/h3-9H,10H2,1-2H3,(H,19,23). The number of carbonyl (C=O) groups excluding carboxylic acids is 3. The third-order valence-corrected chi connectivity index (χ3v) is 3.76. The molecule has 0 bridgehead atoms. The van der Waals surface area contributed by atoms with Gasteiger partial charge in [-0.25, -0.2) is 9.59 Å². The van der Waals surface area contributed by atoms with E-state index in [-0.39, 0.29) is 23.8 Å². The molecule has 134 valence electrons. The van der Waals surface area contributed by atoms with E-state index in [1.54, 1.807) is 30.3 Å². The molecule has 0 aliphatic carbocycles. The van der Waals surface area contributed by atoms with E-state index in [9.17, 15) is 14.4 Å². The molecule has 1 saturated heterocycles. The van der Waals surface area contributed by atoms with Crippen LogP contribution in [-0.2, 0) is 16.1 Å². The number of nitrogens with one attached hydrogen (secondary N) is 1. The summed E-state index contributed by atoms with van der Waals surface area (Å²) < 4.78 is 15.1. The van der Waals surface area contributed by atoms with E-state index in [0.717, 1.165) is 4.90 Å². The van der Waals surface area contributed by atoms with Crippen molar-refractivity contribution in [2.75, 3.05) is 14.2 Å². The van der Waals surface area contributed by atoms with E-state index in [2.05, 4.69) is 10.1 Å². The van der Waals surface area contributed by atoms with Crippen LogP contribution in [0.25, 0.3) is 6.08 Å². The van der Waals surface area contributed by atoms with Crippen LogP contribution in [0.4, 0.5) is 4.79 Å². The van der Waals surface area contributed by atoms with Crippen LogP contribution < -0.4 is 10.1 Å². The van der Waals surface area contributed by atoms with Gasteiger partial charge < -0.3 is 19.2 Å². The Kier molecular flexibility index (Phi) is 4.74. The van der Waals surface area contributed by atoms with Gasteiger partial charge in [0, 0.05) is 5.56 Å². The summed E-state index contributed by atoms with van der Waals surface area (Å²) in [4.78, 5) is 37.0. The zero-order valence-corrected chi connectivity index (χ0v) is 14.1. The molecule has 1 aliphatic rings. The number of para-hydroxylation sites is 1. The first-order valence-electron chi connectivity index (χ1n) is 7.68. The number of amides is 3. The quantitative estimate of drug-likeness (QED) is 0.501. The minimum atomic E-state index is -0.634. The van der Waals surface area contributed by atoms with Crippen molar-refractivity contribution in [1.82, 2.24) is 10.2 Å². The molecule has 3 amide bonds. The van der Waals surface area contributed by atoms with Crippen molar-refractivity contribution in [1.29, 1.82) is 0 Å². The van der Waals surface area contributed by atoms with Gasteiger partial charge in [0.15, 0.2) is 0 Å². The second-order valence-corrected chi connectivity index (χ2v) is 5.38. The Labute approximate surface area is 149 Å². The van der Waals surface area contributed by atoms with Gasteiger partial charge >= 0.3 is 12.0 Å². The molecule has 1 N–H and O–H groups in total. The first-order chi connectivity index (χ1) is 12.5. The molecule has 0 atom stereocenters. The highest BCUT2D eigenvalue weighted by Gasteiger charge is 2.34. The van der Waals surface area contributed by atoms with E-state index in [1.165, 1.54) is 26.4 Å². The van der Waals surface area contributed by atoms with Crippen molar-refractivity contribution in [3.8, 4) is 5.75 Å². The van der Waals surface area contributed by atoms with Crippen molar-refractivity contribution in [2.24, 2.45) is 0 Å². The number of hydrogen-bond acceptors (Lipinski definition) is 6. The molecule has 0 saturated carbocycles. The molecule has 8 nitrogen and oxygen atoms in total. The van der Waals surface area contributed by atoms with Gasteiger partial charge in [-0.1, -0.05) is 18.2 Å². The molecular weight excluding hydrogens is 340 g/mol. The van der Waals surface area contributed by atoms with Crippen LogP contribution in [0.5, 0.6) is 5.75 Å². The Hall–Kier alpha value is -3.55. The molecule has 8 heteroatoms. The number of nitrogens with zero attached hydrogens (tertiary/aromatic N) is 1. The second kappa shape index (κ2) is 7.14. The van der Waals surface area contributed by atoms with Crippen molar-refractivity contribution in [2.45, 2.75) is 6.54 Å². The zero-order chi connectivity index (χ0) is 18.7. The van der Waals surface area contributed by atoms with Gasteiger partial charge in [0.05, 0.1) is 20.8 Å².